The van der Waals surface area contributed by atoms with Gasteiger partial charge in [0.25, 0.3) is 11.6 Å². The quantitative estimate of drug-likeness (QED) is 0.558. The van der Waals surface area contributed by atoms with Crippen LogP contribution in [0.5, 0.6) is 0 Å². The molecule has 1 amide bonds. The first-order valence-electron chi connectivity index (χ1n) is 8.19. The van der Waals surface area contributed by atoms with Gasteiger partial charge < -0.3 is 10.4 Å². The first kappa shape index (κ1) is 19.1. The second-order valence-electron chi connectivity index (χ2n) is 6.00. The number of nitrogens with one attached hydrogen (secondary N) is 1. The number of hydrogen-bond acceptors (Lipinski definition) is 4. The SMILES string of the molecule is Cc1c(C(=O)NC(CCC(=O)O)Cc2ccccc2)cccc1[N+](=O)[O-]. The third-order valence-electron chi connectivity index (χ3n) is 4.11. The van der Waals surface area contributed by atoms with Crippen molar-refractivity contribution in [2.45, 2.75) is 32.2 Å². The summed E-state index contributed by atoms with van der Waals surface area (Å²) in [5, 5.41) is 22.8. The Bertz CT molecular complexity index is 805. The summed E-state index contributed by atoms with van der Waals surface area (Å²) in [6, 6.07) is 13.4. The third kappa shape index (κ3) is 5.14. The number of nitrogens with zero attached hydrogens (tertiary/aromatic N) is 1. The summed E-state index contributed by atoms with van der Waals surface area (Å²) in [6.45, 7) is 1.52. The summed E-state index contributed by atoms with van der Waals surface area (Å²) >= 11 is 0. The predicted molar refractivity (Wildman–Crippen MR) is 96.1 cm³/mol. The van der Waals surface area contributed by atoms with Gasteiger partial charge in [-0.3, -0.25) is 19.7 Å². The van der Waals surface area contributed by atoms with Crippen molar-refractivity contribution in [2.24, 2.45) is 0 Å². The summed E-state index contributed by atoms with van der Waals surface area (Å²) in [7, 11) is 0. The van der Waals surface area contributed by atoms with Crippen LogP contribution < -0.4 is 5.32 Å². The number of benzene rings is 2. The highest BCUT2D eigenvalue weighted by Crippen LogP contribution is 2.21. The Morgan fingerprint density at radius 1 is 1.15 bits per heavy atom. The van der Waals surface area contributed by atoms with Crippen LogP contribution in [0.4, 0.5) is 5.69 Å². The number of nitro groups is 1. The lowest BCUT2D eigenvalue weighted by atomic mass is 10.00. The molecule has 1 atom stereocenters. The van der Waals surface area contributed by atoms with Crippen LogP contribution in [0.15, 0.2) is 48.5 Å². The fraction of sp³-hybridized carbons (Fsp3) is 0.263. The molecular weight excluding hydrogens is 336 g/mol. The Morgan fingerprint density at radius 2 is 1.85 bits per heavy atom. The van der Waals surface area contributed by atoms with Crippen molar-refractivity contribution < 1.29 is 19.6 Å². The number of carboxylic acid groups (broad SMARTS) is 1. The molecular formula is C19H20N2O5. The van der Waals surface area contributed by atoms with Gasteiger partial charge in [-0.1, -0.05) is 36.4 Å². The first-order valence-corrected chi connectivity index (χ1v) is 8.19. The highest BCUT2D eigenvalue weighted by atomic mass is 16.6. The summed E-state index contributed by atoms with van der Waals surface area (Å²) in [6.07, 6.45) is 0.670. The van der Waals surface area contributed by atoms with Crippen molar-refractivity contribution in [2.75, 3.05) is 0 Å². The van der Waals surface area contributed by atoms with Gasteiger partial charge in [-0.2, -0.15) is 0 Å². The topological polar surface area (TPSA) is 110 Å². The summed E-state index contributed by atoms with van der Waals surface area (Å²) < 4.78 is 0. The molecule has 0 spiro atoms. The fourth-order valence-corrected chi connectivity index (χ4v) is 2.75. The lowest BCUT2D eigenvalue weighted by Crippen LogP contribution is -2.37. The van der Waals surface area contributed by atoms with E-state index < -0.39 is 16.8 Å². The van der Waals surface area contributed by atoms with Gasteiger partial charge >= 0.3 is 5.97 Å². The second-order valence-corrected chi connectivity index (χ2v) is 6.00. The van der Waals surface area contributed by atoms with E-state index in [2.05, 4.69) is 5.32 Å². The molecule has 1 unspecified atom stereocenters. The monoisotopic (exact) mass is 356 g/mol. The second kappa shape index (κ2) is 8.75. The maximum absolute atomic E-state index is 12.6. The van der Waals surface area contributed by atoms with E-state index in [9.17, 15) is 19.7 Å². The number of nitro benzene ring substituents is 1. The van der Waals surface area contributed by atoms with E-state index >= 15 is 0 Å². The molecule has 0 aliphatic carbocycles. The highest BCUT2D eigenvalue weighted by molar-refractivity contribution is 5.96. The Morgan fingerprint density at radius 3 is 2.46 bits per heavy atom. The number of rotatable bonds is 8. The first-order chi connectivity index (χ1) is 12.4. The van der Waals surface area contributed by atoms with E-state index in [1.807, 2.05) is 30.3 Å². The average Bonchev–Trinajstić information content (AvgIpc) is 2.60. The molecule has 2 rings (SSSR count). The molecule has 0 aliphatic rings. The maximum atomic E-state index is 12.6. The van der Waals surface area contributed by atoms with Crippen LogP contribution in [0.25, 0.3) is 0 Å². The van der Waals surface area contributed by atoms with Gasteiger partial charge in [0.1, 0.15) is 0 Å². The molecule has 0 fully saturated rings. The Labute approximate surface area is 150 Å². The highest BCUT2D eigenvalue weighted by Gasteiger charge is 2.21. The van der Waals surface area contributed by atoms with Crippen molar-refractivity contribution in [1.82, 2.24) is 5.32 Å². The van der Waals surface area contributed by atoms with Crippen LogP contribution in [0.2, 0.25) is 0 Å². The predicted octanol–water partition coefficient (Wildman–Crippen LogP) is 3.11. The largest absolute Gasteiger partial charge is 0.481 e. The molecule has 0 bridgehead atoms. The van der Waals surface area contributed by atoms with Crippen molar-refractivity contribution >= 4 is 17.6 Å². The molecule has 26 heavy (non-hydrogen) atoms. The van der Waals surface area contributed by atoms with E-state index in [0.717, 1.165) is 5.56 Å². The van der Waals surface area contributed by atoms with Gasteiger partial charge in [-0.15, -0.1) is 0 Å². The Balaban J connectivity index is 2.18. The van der Waals surface area contributed by atoms with E-state index in [-0.39, 0.29) is 35.7 Å². The maximum Gasteiger partial charge on any atom is 0.303 e. The van der Waals surface area contributed by atoms with Crippen LogP contribution in [0.1, 0.15) is 34.3 Å². The fourth-order valence-electron chi connectivity index (χ4n) is 2.75. The zero-order valence-electron chi connectivity index (χ0n) is 14.3. The molecule has 136 valence electrons. The summed E-state index contributed by atoms with van der Waals surface area (Å²) in [4.78, 5) is 34.0. The normalized spacial score (nSPS) is 11.6. The van der Waals surface area contributed by atoms with Gasteiger partial charge in [0.2, 0.25) is 0 Å². The smallest absolute Gasteiger partial charge is 0.303 e. The number of amides is 1. The zero-order chi connectivity index (χ0) is 19.1. The number of hydrogen-bond donors (Lipinski definition) is 2. The molecule has 7 nitrogen and oxygen atoms in total. The minimum atomic E-state index is -0.941. The lowest BCUT2D eigenvalue weighted by molar-refractivity contribution is -0.385. The van der Waals surface area contributed by atoms with Gasteiger partial charge in [0.05, 0.1) is 4.92 Å². The summed E-state index contributed by atoms with van der Waals surface area (Å²) in [5.41, 5.74) is 1.35. The lowest BCUT2D eigenvalue weighted by Gasteiger charge is -2.19. The molecule has 0 heterocycles. The molecule has 2 aromatic carbocycles. The summed E-state index contributed by atoms with van der Waals surface area (Å²) in [5.74, 6) is -1.39. The minimum absolute atomic E-state index is 0.0777. The molecule has 0 radical (unpaired) electrons. The van der Waals surface area contributed by atoms with Crippen molar-refractivity contribution in [3.63, 3.8) is 0 Å². The van der Waals surface area contributed by atoms with Gasteiger partial charge in [0.15, 0.2) is 0 Å². The Hall–Kier alpha value is -3.22. The molecule has 0 saturated heterocycles. The molecule has 0 aromatic heterocycles. The van der Waals surface area contributed by atoms with Crippen molar-refractivity contribution in [3.8, 4) is 0 Å². The van der Waals surface area contributed by atoms with E-state index in [1.54, 1.807) is 0 Å². The number of carboxylic acids is 1. The Kier molecular flexibility index (Phi) is 6.43. The number of carbonyl (C=O) groups is 2. The minimum Gasteiger partial charge on any atom is -0.481 e. The third-order valence-corrected chi connectivity index (χ3v) is 4.11. The van der Waals surface area contributed by atoms with Crippen LogP contribution in [-0.2, 0) is 11.2 Å². The van der Waals surface area contributed by atoms with Crippen LogP contribution in [0, 0.1) is 17.0 Å². The zero-order valence-corrected chi connectivity index (χ0v) is 14.3. The number of aliphatic carboxylic acids is 1. The molecule has 2 N–H and O–H groups in total. The van der Waals surface area contributed by atoms with Crippen molar-refractivity contribution in [1.29, 1.82) is 0 Å². The average molecular weight is 356 g/mol. The van der Waals surface area contributed by atoms with E-state index in [1.165, 1.54) is 25.1 Å². The molecule has 0 saturated carbocycles. The van der Waals surface area contributed by atoms with Crippen LogP contribution in [-0.4, -0.2) is 27.9 Å². The van der Waals surface area contributed by atoms with Crippen molar-refractivity contribution in [3.05, 3.63) is 75.3 Å². The van der Waals surface area contributed by atoms with Crippen LogP contribution >= 0.6 is 0 Å². The number of carbonyl (C=O) groups excluding carboxylic acids is 1. The molecule has 0 aliphatic heterocycles. The van der Waals surface area contributed by atoms with E-state index in [4.69, 9.17) is 5.11 Å². The van der Waals surface area contributed by atoms with Gasteiger partial charge in [-0.05, 0) is 31.4 Å². The van der Waals surface area contributed by atoms with Gasteiger partial charge in [0, 0.05) is 29.7 Å². The van der Waals surface area contributed by atoms with E-state index in [0.29, 0.717) is 6.42 Å². The van der Waals surface area contributed by atoms with Gasteiger partial charge in [-0.25, -0.2) is 0 Å². The molecule has 7 heteroatoms. The van der Waals surface area contributed by atoms with Crippen LogP contribution in [0.3, 0.4) is 0 Å². The molecule has 2 aromatic rings. The standard InChI is InChI=1S/C19H20N2O5/c1-13-16(8-5-9-17(13)21(25)26)19(24)20-15(10-11-18(22)23)12-14-6-3-2-4-7-14/h2-9,15H,10-12H2,1H3,(H,20,24)(H,22,23).